The zero-order valence-corrected chi connectivity index (χ0v) is 6.80. The van der Waals surface area contributed by atoms with E-state index in [1.807, 2.05) is 18.4 Å². The molecular weight excluding hydrogens is 152 g/mol. The fourth-order valence-corrected chi connectivity index (χ4v) is 1.73. The molecule has 3 heteroatoms. The average Bonchev–Trinajstić information content (AvgIpc) is 2.34. The molecule has 0 bridgehead atoms. The van der Waals surface area contributed by atoms with Crippen LogP contribution < -0.4 is 0 Å². The first-order chi connectivity index (χ1) is 4.43. The van der Waals surface area contributed by atoms with Gasteiger partial charge >= 0.3 is 0 Å². The van der Waals surface area contributed by atoms with Crippen LogP contribution in [-0.2, 0) is 4.18 Å². The Labute approximate surface area is 63.2 Å². The lowest BCUT2D eigenvalue weighted by Crippen LogP contribution is -1.74. The molecule has 0 saturated heterocycles. The molecule has 0 unspecified atom stereocenters. The fraction of sp³-hybridized carbons (Fsp3) is 0.333. The van der Waals surface area contributed by atoms with Crippen LogP contribution in [0.15, 0.2) is 21.7 Å². The molecule has 1 heterocycles. The molecule has 50 valence electrons. The summed E-state index contributed by atoms with van der Waals surface area (Å²) in [6.07, 6.45) is 0. The third-order valence-corrected chi connectivity index (χ3v) is 2.40. The van der Waals surface area contributed by atoms with E-state index in [-0.39, 0.29) is 0 Å². The van der Waals surface area contributed by atoms with Gasteiger partial charge < -0.3 is 4.18 Å². The Morgan fingerprint density at radius 1 is 1.78 bits per heavy atom. The molecule has 0 aromatic carbocycles. The Kier molecular flexibility index (Phi) is 3.11. The van der Waals surface area contributed by atoms with Crippen LogP contribution in [0, 0.1) is 0 Å². The van der Waals surface area contributed by atoms with E-state index in [4.69, 9.17) is 4.18 Å². The molecule has 0 radical (unpaired) electrons. The van der Waals surface area contributed by atoms with Gasteiger partial charge in [-0.3, -0.25) is 0 Å². The summed E-state index contributed by atoms with van der Waals surface area (Å²) in [7, 11) is 0. The summed E-state index contributed by atoms with van der Waals surface area (Å²) in [6.45, 7) is 2.75. The highest BCUT2D eigenvalue weighted by atomic mass is 32.2. The third kappa shape index (κ3) is 2.39. The highest BCUT2D eigenvalue weighted by Gasteiger charge is 1.90. The molecule has 1 aromatic heterocycles. The van der Waals surface area contributed by atoms with Crippen molar-refractivity contribution in [2.45, 2.75) is 11.8 Å². The van der Waals surface area contributed by atoms with E-state index in [1.165, 1.54) is 16.9 Å². The van der Waals surface area contributed by atoms with Crippen LogP contribution in [-0.4, -0.2) is 6.61 Å². The van der Waals surface area contributed by atoms with Gasteiger partial charge in [-0.1, -0.05) is 0 Å². The summed E-state index contributed by atoms with van der Waals surface area (Å²) in [6, 6.07) is 2.05. The Morgan fingerprint density at radius 2 is 2.67 bits per heavy atom. The first kappa shape index (κ1) is 7.12. The van der Waals surface area contributed by atoms with Crippen molar-refractivity contribution in [2.24, 2.45) is 0 Å². The van der Waals surface area contributed by atoms with Crippen molar-refractivity contribution in [1.82, 2.24) is 0 Å². The molecule has 0 saturated carbocycles. The molecule has 1 nitrogen and oxygen atoms in total. The summed E-state index contributed by atoms with van der Waals surface area (Å²) in [5, 5.41) is 4.11. The van der Waals surface area contributed by atoms with E-state index in [0.29, 0.717) is 0 Å². The van der Waals surface area contributed by atoms with Crippen molar-refractivity contribution in [1.29, 1.82) is 0 Å². The molecule has 1 rings (SSSR count). The molecule has 0 aliphatic heterocycles. The van der Waals surface area contributed by atoms with E-state index >= 15 is 0 Å². The van der Waals surface area contributed by atoms with Crippen molar-refractivity contribution in [2.75, 3.05) is 6.61 Å². The zero-order valence-electron chi connectivity index (χ0n) is 5.16. The third-order valence-electron chi connectivity index (χ3n) is 0.768. The number of rotatable bonds is 3. The normalized spacial score (nSPS) is 9.89. The molecule has 0 aliphatic rings. The van der Waals surface area contributed by atoms with Crippen LogP contribution in [0.2, 0.25) is 0 Å². The van der Waals surface area contributed by atoms with Gasteiger partial charge in [0.2, 0.25) is 0 Å². The SMILES string of the molecule is CCOSc1ccsc1. The maximum Gasteiger partial charge on any atom is 0.0590 e. The van der Waals surface area contributed by atoms with Gasteiger partial charge in [-0.25, -0.2) is 0 Å². The smallest absolute Gasteiger partial charge is 0.0590 e. The highest BCUT2D eigenvalue weighted by Crippen LogP contribution is 2.20. The highest BCUT2D eigenvalue weighted by molar-refractivity contribution is 7.94. The van der Waals surface area contributed by atoms with Crippen molar-refractivity contribution in [3.8, 4) is 0 Å². The molecule has 0 amide bonds. The lowest BCUT2D eigenvalue weighted by molar-refractivity contribution is 0.402. The van der Waals surface area contributed by atoms with E-state index in [9.17, 15) is 0 Å². The standard InChI is InChI=1S/C6H8OS2/c1-2-7-9-6-3-4-8-5-6/h3-5H,2H2,1H3. The first-order valence-electron chi connectivity index (χ1n) is 2.75. The van der Waals surface area contributed by atoms with Crippen LogP contribution in [0.3, 0.4) is 0 Å². The number of hydrogen-bond acceptors (Lipinski definition) is 3. The Bertz CT molecular complexity index is 148. The predicted octanol–water partition coefficient (Wildman–Crippen LogP) is 2.79. The molecule has 0 fully saturated rings. The van der Waals surface area contributed by atoms with Crippen LogP contribution in [0.5, 0.6) is 0 Å². The second-order valence-corrected chi connectivity index (χ2v) is 3.10. The molecule has 0 atom stereocenters. The quantitative estimate of drug-likeness (QED) is 0.629. The van der Waals surface area contributed by atoms with Gasteiger partial charge in [-0.2, -0.15) is 11.3 Å². The van der Waals surface area contributed by atoms with E-state index < -0.39 is 0 Å². The van der Waals surface area contributed by atoms with Crippen molar-refractivity contribution < 1.29 is 4.18 Å². The second kappa shape index (κ2) is 3.93. The van der Waals surface area contributed by atoms with Crippen LogP contribution in [0.25, 0.3) is 0 Å². The van der Waals surface area contributed by atoms with Gasteiger partial charge in [0.25, 0.3) is 0 Å². The largest absolute Gasteiger partial charge is 0.311 e. The second-order valence-electron chi connectivity index (χ2n) is 1.45. The van der Waals surface area contributed by atoms with Gasteiger partial charge in [-0.15, -0.1) is 0 Å². The molecular formula is C6H8OS2. The average molecular weight is 160 g/mol. The van der Waals surface area contributed by atoms with Crippen LogP contribution in [0.1, 0.15) is 6.92 Å². The summed E-state index contributed by atoms with van der Waals surface area (Å²) < 4.78 is 5.10. The minimum atomic E-state index is 0.764. The maximum absolute atomic E-state index is 5.10. The van der Waals surface area contributed by atoms with Gasteiger partial charge in [0.1, 0.15) is 0 Å². The first-order valence-corrected chi connectivity index (χ1v) is 4.43. The summed E-state index contributed by atoms with van der Waals surface area (Å²) >= 11 is 3.13. The van der Waals surface area contributed by atoms with Gasteiger partial charge in [0.05, 0.1) is 6.61 Å². The molecule has 9 heavy (non-hydrogen) atoms. The lowest BCUT2D eigenvalue weighted by atomic mass is 10.7. The van der Waals surface area contributed by atoms with Crippen LogP contribution in [0.4, 0.5) is 0 Å². The van der Waals surface area contributed by atoms with Crippen LogP contribution >= 0.6 is 23.4 Å². The van der Waals surface area contributed by atoms with Gasteiger partial charge in [-0.05, 0) is 18.4 Å². The van der Waals surface area contributed by atoms with E-state index in [1.54, 1.807) is 11.3 Å². The topological polar surface area (TPSA) is 9.23 Å². The minimum Gasteiger partial charge on any atom is -0.311 e. The number of thiophene rings is 1. The monoisotopic (exact) mass is 160 g/mol. The van der Waals surface area contributed by atoms with E-state index in [2.05, 4.69) is 5.38 Å². The Balaban J connectivity index is 2.30. The lowest BCUT2D eigenvalue weighted by Gasteiger charge is -1.92. The minimum absolute atomic E-state index is 0.764. The summed E-state index contributed by atoms with van der Waals surface area (Å²) in [5.41, 5.74) is 0. The zero-order chi connectivity index (χ0) is 6.53. The molecule has 0 N–H and O–H groups in total. The van der Waals surface area contributed by atoms with Crippen molar-refractivity contribution >= 4 is 23.4 Å². The molecule has 0 aliphatic carbocycles. The van der Waals surface area contributed by atoms with Crippen molar-refractivity contribution in [3.63, 3.8) is 0 Å². The van der Waals surface area contributed by atoms with E-state index in [0.717, 1.165) is 6.61 Å². The van der Waals surface area contributed by atoms with Gasteiger partial charge in [0.15, 0.2) is 0 Å². The van der Waals surface area contributed by atoms with Crippen molar-refractivity contribution in [3.05, 3.63) is 16.8 Å². The predicted molar refractivity (Wildman–Crippen MR) is 41.8 cm³/mol. The number of hydrogen-bond donors (Lipinski definition) is 0. The maximum atomic E-state index is 5.10. The molecule has 1 aromatic rings. The summed E-state index contributed by atoms with van der Waals surface area (Å²) in [4.78, 5) is 1.20. The summed E-state index contributed by atoms with van der Waals surface area (Å²) in [5.74, 6) is 0. The Morgan fingerprint density at radius 3 is 3.22 bits per heavy atom. The fourth-order valence-electron chi connectivity index (χ4n) is 0.426. The van der Waals surface area contributed by atoms with Gasteiger partial charge in [0, 0.05) is 22.3 Å². The Hall–Kier alpha value is 0.01000. The molecule has 0 spiro atoms.